The fourth-order valence-corrected chi connectivity index (χ4v) is 5.54. The summed E-state index contributed by atoms with van der Waals surface area (Å²) >= 11 is 6.84. The van der Waals surface area contributed by atoms with Gasteiger partial charge in [0.05, 0.1) is 6.10 Å². The molecular formula is C26H28Br2O5. The standard InChI is InChI=1S/C16H19BrO3.C10H9BrO2/c17-12-7-11-4-5-13(18)9-15(11)16(8-12)20-10-14-3-1-2-6-19-14;11-7-3-6-1-2-8(12)5-9(6)10(13)4-7/h7-8,14H,1-6,9-10H2;3-4,13H,1-2,5H2. The van der Waals surface area contributed by atoms with Crippen molar-refractivity contribution < 1.29 is 24.2 Å². The van der Waals surface area contributed by atoms with Crippen molar-refractivity contribution in [2.24, 2.45) is 0 Å². The first kappa shape index (κ1) is 24.4. The maximum atomic E-state index is 11.7. The lowest BCUT2D eigenvalue weighted by Crippen LogP contribution is -2.26. The third-order valence-electron chi connectivity index (χ3n) is 6.34. The van der Waals surface area contributed by atoms with E-state index in [2.05, 4.69) is 37.9 Å². The number of halogens is 2. The van der Waals surface area contributed by atoms with E-state index in [4.69, 9.17) is 9.47 Å². The maximum absolute atomic E-state index is 11.7. The molecule has 5 nitrogen and oxygen atoms in total. The zero-order valence-electron chi connectivity index (χ0n) is 18.5. The molecule has 0 radical (unpaired) electrons. The first-order valence-electron chi connectivity index (χ1n) is 11.5. The second kappa shape index (κ2) is 11.2. The molecule has 2 aromatic carbocycles. The number of phenols is 1. The van der Waals surface area contributed by atoms with Crippen LogP contribution < -0.4 is 4.74 Å². The van der Waals surface area contributed by atoms with Gasteiger partial charge in [0.2, 0.25) is 0 Å². The van der Waals surface area contributed by atoms with Gasteiger partial charge in [0.25, 0.3) is 0 Å². The van der Waals surface area contributed by atoms with Crippen molar-refractivity contribution in [3.8, 4) is 11.5 Å². The first-order chi connectivity index (χ1) is 15.9. The second-order valence-electron chi connectivity index (χ2n) is 8.83. The van der Waals surface area contributed by atoms with Crippen molar-refractivity contribution in [2.75, 3.05) is 13.2 Å². The van der Waals surface area contributed by atoms with E-state index in [1.807, 2.05) is 12.1 Å². The zero-order chi connectivity index (χ0) is 23.4. The number of carbonyl (C=O) groups excluding carboxylic acids is 2. The highest BCUT2D eigenvalue weighted by molar-refractivity contribution is 9.10. The molecule has 1 saturated heterocycles. The van der Waals surface area contributed by atoms with Gasteiger partial charge in [-0.15, -0.1) is 0 Å². The molecule has 1 unspecified atom stereocenters. The quantitative estimate of drug-likeness (QED) is 0.507. The van der Waals surface area contributed by atoms with E-state index in [1.165, 1.54) is 12.0 Å². The Morgan fingerprint density at radius 1 is 0.879 bits per heavy atom. The Balaban J connectivity index is 0.000000172. The normalized spacial score (nSPS) is 19.8. The van der Waals surface area contributed by atoms with Crippen LogP contribution in [0.5, 0.6) is 11.5 Å². The molecule has 1 heterocycles. The van der Waals surface area contributed by atoms with Gasteiger partial charge in [-0.05, 0) is 67.5 Å². The van der Waals surface area contributed by atoms with Crippen LogP contribution in [0.4, 0.5) is 0 Å². The fraction of sp³-hybridized carbons (Fsp3) is 0.462. The molecule has 3 aliphatic rings. The SMILES string of the molecule is O=C1CCc2cc(Br)cc(O)c2C1.O=C1CCc2cc(Br)cc(OCC3CCCCO3)c2C1. The van der Waals surface area contributed by atoms with Gasteiger partial charge in [-0.1, -0.05) is 31.9 Å². The smallest absolute Gasteiger partial charge is 0.137 e. The summed E-state index contributed by atoms with van der Waals surface area (Å²) in [5, 5.41) is 9.57. The number of ether oxygens (including phenoxy) is 2. The van der Waals surface area contributed by atoms with Crippen LogP contribution in [0.3, 0.4) is 0 Å². The van der Waals surface area contributed by atoms with E-state index in [9.17, 15) is 14.7 Å². The summed E-state index contributed by atoms with van der Waals surface area (Å²) in [6.45, 7) is 1.42. The molecular weight excluding hydrogens is 552 g/mol. The molecule has 0 aromatic heterocycles. The Morgan fingerprint density at radius 2 is 1.52 bits per heavy atom. The zero-order valence-corrected chi connectivity index (χ0v) is 21.7. The van der Waals surface area contributed by atoms with Gasteiger partial charge in [0.1, 0.15) is 29.7 Å². The van der Waals surface area contributed by atoms with Gasteiger partial charge in [0, 0.05) is 52.4 Å². The summed E-state index contributed by atoms with van der Waals surface area (Å²) in [6.07, 6.45) is 7.33. The van der Waals surface area contributed by atoms with Crippen molar-refractivity contribution >= 4 is 43.4 Å². The van der Waals surface area contributed by atoms with Crippen LogP contribution in [0, 0.1) is 0 Å². The van der Waals surface area contributed by atoms with Crippen LogP contribution >= 0.6 is 31.9 Å². The molecule has 7 heteroatoms. The number of carbonyl (C=O) groups is 2. The highest BCUT2D eigenvalue weighted by atomic mass is 79.9. The summed E-state index contributed by atoms with van der Waals surface area (Å²) in [5.74, 6) is 1.60. The van der Waals surface area contributed by atoms with E-state index in [0.29, 0.717) is 38.1 Å². The lowest BCUT2D eigenvalue weighted by Gasteiger charge is -2.25. The van der Waals surface area contributed by atoms with Crippen LogP contribution in [0.25, 0.3) is 0 Å². The van der Waals surface area contributed by atoms with Crippen LogP contribution in [0.15, 0.2) is 33.2 Å². The number of phenolic OH excluding ortho intramolecular Hbond substituents is 1. The molecule has 2 aromatic rings. The second-order valence-corrected chi connectivity index (χ2v) is 10.7. The van der Waals surface area contributed by atoms with E-state index in [0.717, 1.165) is 63.7 Å². The summed E-state index contributed by atoms with van der Waals surface area (Å²) < 4.78 is 13.5. The predicted octanol–water partition coefficient (Wildman–Crippen LogP) is 5.67. The minimum Gasteiger partial charge on any atom is -0.508 e. The van der Waals surface area contributed by atoms with E-state index in [1.54, 1.807) is 6.07 Å². The summed E-state index contributed by atoms with van der Waals surface area (Å²) in [4.78, 5) is 22.8. The fourth-order valence-electron chi connectivity index (χ4n) is 4.56. The van der Waals surface area contributed by atoms with Crippen LogP contribution in [0.2, 0.25) is 0 Å². The monoisotopic (exact) mass is 578 g/mol. The van der Waals surface area contributed by atoms with Gasteiger partial charge in [0.15, 0.2) is 0 Å². The molecule has 0 saturated carbocycles. The van der Waals surface area contributed by atoms with E-state index >= 15 is 0 Å². The molecule has 1 aliphatic heterocycles. The predicted molar refractivity (Wildman–Crippen MR) is 133 cm³/mol. The number of aryl methyl sites for hydroxylation is 2. The average molecular weight is 580 g/mol. The maximum Gasteiger partial charge on any atom is 0.137 e. The molecule has 1 atom stereocenters. The van der Waals surface area contributed by atoms with Crippen molar-refractivity contribution in [3.05, 3.63) is 55.5 Å². The topological polar surface area (TPSA) is 72.8 Å². The first-order valence-corrected chi connectivity index (χ1v) is 13.1. The van der Waals surface area contributed by atoms with Crippen molar-refractivity contribution in [2.45, 2.75) is 63.9 Å². The summed E-state index contributed by atoms with van der Waals surface area (Å²) in [5.41, 5.74) is 4.20. The molecule has 5 rings (SSSR count). The number of aromatic hydroxyl groups is 1. The lowest BCUT2D eigenvalue weighted by atomic mass is 9.90. The highest BCUT2D eigenvalue weighted by Crippen LogP contribution is 2.33. The highest BCUT2D eigenvalue weighted by Gasteiger charge is 2.22. The molecule has 1 N–H and O–H groups in total. The van der Waals surface area contributed by atoms with Gasteiger partial charge >= 0.3 is 0 Å². The number of hydrogen-bond acceptors (Lipinski definition) is 5. The Labute approximate surface area is 211 Å². The Morgan fingerprint density at radius 3 is 2.18 bits per heavy atom. The van der Waals surface area contributed by atoms with Crippen molar-refractivity contribution in [1.29, 1.82) is 0 Å². The number of Topliss-reactive ketones (excluding diaryl/α,β-unsaturated/α-hetero) is 2. The summed E-state index contributed by atoms with van der Waals surface area (Å²) in [7, 11) is 0. The molecule has 33 heavy (non-hydrogen) atoms. The largest absolute Gasteiger partial charge is 0.508 e. The Hall–Kier alpha value is -1.70. The molecule has 0 spiro atoms. The molecule has 176 valence electrons. The minimum atomic E-state index is 0.192. The van der Waals surface area contributed by atoms with Gasteiger partial charge in [-0.2, -0.15) is 0 Å². The number of fused-ring (bicyclic) bond motifs is 2. The number of rotatable bonds is 3. The number of hydrogen-bond donors (Lipinski definition) is 1. The van der Waals surface area contributed by atoms with Gasteiger partial charge in [-0.3, -0.25) is 9.59 Å². The lowest BCUT2D eigenvalue weighted by molar-refractivity contribution is -0.119. The molecule has 0 bridgehead atoms. The Bertz CT molecular complexity index is 1040. The minimum absolute atomic E-state index is 0.192. The summed E-state index contributed by atoms with van der Waals surface area (Å²) in [6, 6.07) is 7.69. The van der Waals surface area contributed by atoms with E-state index in [-0.39, 0.29) is 17.6 Å². The Kier molecular flexibility index (Phi) is 8.25. The molecule has 1 fully saturated rings. The van der Waals surface area contributed by atoms with E-state index < -0.39 is 0 Å². The molecule has 2 aliphatic carbocycles. The van der Waals surface area contributed by atoms with Crippen LogP contribution in [-0.4, -0.2) is 36.0 Å². The number of ketones is 2. The third kappa shape index (κ3) is 6.46. The number of benzene rings is 2. The molecule has 0 amide bonds. The average Bonchev–Trinajstić information content (AvgIpc) is 2.79. The van der Waals surface area contributed by atoms with Crippen molar-refractivity contribution in [1.82, 2.24) is 0 Å². The van der Waals surface area contributed by atoms with Gasteiger partial charge < -0.3 is 14.6 Å². The van der Waals surface area contributed by atoms with Gasteiger partial charge in [-0.25, -0.2) is 0 Å². The van der Waals surface area contributed by atoms with Crippen LogP contribution in [0.1, 0.15) is 54.4 Å². The third-order valence-corrected chi connectivity index (χ3v) is 7.26. The van der Waals surface area contributed by atoms with Crippen LogP contribution in [-0.2, 0) is 40.0 Å². The van der Waals surface area contributed by atoms with Crippen molar-refractivity contribution in [3.63, 3.8) is 0 Å².